The summed E-state index contributed by atoms with van der Waals surface area (Å²) in [6.45, 7) is 7.93. The highest BCUT2D eigenvalue weighted by atomic mass is 32.2. The molecule has 0 aliphatic carbocycles. The van der Waals surface area contributed by atoms with Crippen molar-refractivity contribution >= 4 is 35.1 Å². The van der Waals surface area contributed by atoms with Gasteiger partial charge < -0.3 is 10.3 Å². The first-order valence-electron chi connectivity index (χ1n) is 8.62. The van der Waals surface area contributed by atoms with Crippen molar-refractivity contribution in [3.8, 4) is 0 Å². The van der Waals surface area contributed by atoms with E-state index in [1.54, 1.807) is 11.8 Å². The molecular weight excluding hydrogens is 366 g/mol. The van der Waals surface area contributed by atoms with Crippen molar-refractivity contribution in [1.82, 2.24) is 9.97 Å². The standard InChI is InChI=1S/C19H25N3O2S2/c1-5-9-25-11-15-10-17(23)22-19(20-15)26-14(4)18(24)21-16-8-6-7-12(2)13(16)3/h6-8,10,14H,5,9,11H2,1-4H3,(H,21,24)(H,20,22,23). The number of aryl methyl sites for hydroxylation is 1. The van der Waals surface area contributed by atoms with E-state index in [4.69, 9.17) is 0 Å². The Morgan fingerprint density at radius 2 is 2.12 bits per heavy atom. The molecule has 140 valence electrons. The largest absolute Gasteiger partial charge is 0.325 e. The second-order valence-electron chi connectivity index (χ2n) is 6.09. The van der Waals surface area contributed by atoms with Crippen molar-refractivity contribution in [3.63, 3.8) is 0 Å². The summed E-state index contributed by atoms with van der Waals surface area (Å²) < 4.78 is 0. The van der Waals surface area contributed by atoms with E-state index in [0.29, 0.717) is 10.9 Å². The molecule has 1 unspecified atom stereocenters. The molecule has 5 nitrogen and oxygen atoms in total. The second-order valence-corrected chi connectivity index (χ2v) is 8.53. The van der Waals surface area contributed by atoms with Crippen LogP contribution in [0.15, 0.2) is 34.2 Å². The van der Waals surface area contributed by atoms with Crippen LogP contribution in [0.2, 0.25) is 0 Å². The Morgan fingerprint density at radius 3 is 2.85 bits per heavy atom. The molecule has 1 aromatic carbocycles. The number of amides is 1. The number of H-pyrrole nitrogens is 1. The number of aromatic nitrogens is 2. The van der Waals surface area contributed by atoms with Gasteiger partial charge in [-0.25, -0.2) is 4.98 Å². The molecule has 1 amide bonds. The summed E-state index contributed by atoms with van der Waals surface area (Å²) in [5.41, 5.74) is 3.56. The van der Waals surface area contributed by atoms with Crippen molar-refractivity contribution in [2.75, 3.05) is 11.1 Å². The molecule has 0 saturated heterocycles. The van der Waals surface area contributed by atoms with Crippen LogP contribution in [0.25, 0.3) is 0 Å². The first-order chi connectivity index (χ1) is 12.4. The van der Waals surface area contributed by atoms with Gasteiger partial charge in [0.15, 0.2) is 5.16 Å². The SMILES string of the molecule is CCCSCc1cc(=O)[nH]c(SC(C)C(=O)Nc2cccc(C)c2C)n1. The molecule has 2 N–H and O–H groups in total. The number of hydrogen-bond acceptors (Lipinski definition) is 5. The van der Waals surface area contributed by atoms with Crippen LogP contribution in [0.5, 0.6) is 0 Å². The molecule has 26 heavy (non-hydrogen) atoms. The van der Waals surface area contributed by atoms with Crippen molar-refractivity contribution in [2.24, 2.45) is 0 Å². The van der Waals surface area contributed by atoms with Crippen LogP contribution in [-0.4, -0.2) is 26.9 Å². The van der Waals surface area contributed by atoms with E-state index >= 15 is 0 Å². The Labute approximate surface area is 162 Å². The molecule has 0 saturated carbocycles. The number of benzene rings is 1. The molecule has 0 radical (unpaired) electrons. The predicted octanol–water partition coefficient (Wildman–Crippen LogP) is 4.15. The Morgan fingerprint density at radius 1 is 1.35 bits per heavy atom. The maximum absolute atomic E-state index is 12.5. The minimum absolute atomic E-state index is 0.114. The van der Waals surface area contributed by atoms with Gasteiger partial charge in [-0.15, -0.1) is 0 Å². The van der Waals surface area contributed by atoms with Gasteiger partial charge in [0.05, 0.1) is 10.9 Å². The van der Waals surface area contributed by atoms with Crippen LogP contribution >= 0.6 is 23.5 Å². The summed E-state index contributed by atoms with van der Waals surface area (Å²) in [6, 6.07) is 7.35. The Hall–Kier alpha value is -1.73. The smallest absolute Gasteiger partial charge is 0.251 e. The van der Waals surface area contributed by atoms with E-state index in [-0.39, 0.29) is 16.7 Å². The molecular formula is C19H25N3O2S2. The molecule has 0 aliphatic heterocycles. The zero-order valence-electron chi connectivity index (χ0n) is 15.6. The zero-order valence-corrected chi connectivity index (χ0v) is 17.2. The predicted molar refractivity (Wildman–Crippen MR) is 111 cm³/mol. The van der Waals surface area contributed by atoms with Crippen LogP contribution < -0.4 is 10.9 Å². The quantitative estimate of drug-likeness (QED) is 0.402. The van der Waals surface area contributed by atoms with Gasteiger partial charge >= 0.3 is 0 Å². The maximum Gasteiger partial charge on any atom is 0.251 e. The third kappa shape index (κ3) is 5.92. The number of rotatable bonds is 8. The Kier molecular flexibility index (Phi) is 7.78. The third-order valence-electron chi connectivity index (χ3n) is 3.89. The molecule has 2 rings (SSSR count). The third-order valence-corrected chi connectivity index (χ3v) is 6.07. The van der Waals surface area contributed by atoms with Crippen LogP contribution in [0.3, 0.4) is 0 Å². The summed E-state index contributed by atoms with van der Waals surface area (Å²) in [7, 11) is 0. The Balaban J connectivity index is 2.04. The van der Waals surface area contributed by atoms with E-state index in [1.807, 2.05) is 39.0 Å². The average Bonchev–Trinajstić information content (AvgIpc) is 2.58. The van der Waals surface area contributed by atoms with Gasteiger partial charge in [0.25, 0.3) is 5.56 Å². The number of aromatic amines is 1. The lowest BCUT2D eigenvalue weighted by atomic mass is 10.1. The van der Waals surface area contributed by atoms with Crippen LogP contribution in [0.1, 0.15) is 37.1 Å². The van der Waals surface area contributed by atoms with Crippen molar-refractivity contribution in [3.05, 3.63) is 51.4 Å². The van der Waals surface area contributed by atoms with Crippen LogP contribution in [0, 0.1) is 13.8 Å². The fraction of sp³-hybridized carbons (Fsp3) is 0.421. The number of anilines is 1. The van der Waals surface area contributed by atoms with E-state index in [2.05, 4.69) is 22.2 Å². The lowest BCUT2D eigenvalue weighted by Gasteiger charge is -2.14. The van der Waals surface area contributed by atoms with Gasteiger partial charge in [-0.1, -0.05) is 30.8 Å². The molecule has 0 bridgehead atoms. The molecule has 2 aromatic rings. The fourth-order valence-electron chi connectivity index (χ4n) is 2.28. The van der Waals surface area contributed by atoms with Gasteiger partial charge in [-0.3, -0.25) is 9.59 Å². The molecule has 0 aliphatic rings. The van der Waals surface area contributed by atoms with E-state index in [0.717, 1.165) is 34.7 Å². The summed E-state index contributed by atoms with van der Waals surface area (Å²) in [4.78, 5) is 31.5. The highest BCUT2D eigenvalue weighted by molar-refractivity contribution is 8.00. The average molecular weight is 392 g/mol. The minimum atomic E-state index is -0.378. The zero-order chi connectivity index (χ0) is 19.1. The summed E-state index contributed by atoms with van der Waals surface area (Å²) in [5.74, 6) is 1.62. The molecule has 0 spiro atoms. The van der Waals surface area contributed by atoms with E-state index in [9.17, 15) is 9.59 Å². The van der Waals surface area contributed by atoms with Crippen molar-refractivity contribution in [1.29, 1.82) is 0 Å². The number of thioether (sulfide) groups is 2. The van der Waals surface area contributed by atoms with Crippen molar-refractivity contribution in [2.45, 2.75) is 50.3 Å². The summed E-state index contributed by atoms with van der Waals surface area (Å²) in [6.07, 6.45) is 1.09. The lowest BCUT2D eigenvalue weighted by molar-refractivity contribution is -0.115. The molecule has 1 aromatic heterocycles. The van der Waals surface area contributed by atoms with Crippen molar-refractivity contribution < 1.29 is 4.79 Å². The summed E-state index contributed by atoms with van der Waals surface area (Å²) >= 11 is 3.01. The van der Waals surface area contributed by atoms with Gasteiger partial charge in [0.2, 0.25) is 5.91 Å². The highest BCUT2D eigenvalue weighted by Gasteiger charge is 2.17. The normalized spacial score (nSPS) is 12.0. The summed E-state index contributed by atoms with van der Waals surface area (Å²) in [5, 5.41) is 3.06. The minimum Gasteiger partial charge on any atom is -0.325 e. The second kappa shape index (κ2) is 9.83. The number of hydrogen-bond donors (Lipinski definition) is 2. The molecule has 7 heteroatoms. The van der Waals surface area contributed by atoms with Gasteiger partial charge in [-0.2, -0.15) is 11.8 Å². The van der Waals surface area contributed by atoms with Gasteiger partial charge in [0, 0.05) is 17.5 Å². The molecule has 1 atom stereocenters. The first-order valence-corrected chi connectivity index (χ1v) is 10.7. The van der Waals surface area contributed by atoms with Crippen LogP contribution in [0.4, 0.5) is 5.69 Å². The first kappa shape index (κ1) is 20.6. The van der Waals surface area contributed by atoms with Gasteiger partial charge in [0.1, 0.15) is 0 Å². The topological polar surface area (TPSA) is 74.8 Å². The number of carbonyl (C=O) groups excluding carboxylic acids is 1. The number of carbonyl (C=O) groups is 1. The lowest BCUT2D eigenvalue weighted by Crippen LogP contribution is -2.24. The fourth-order valence-corrected chi connectivity index (χ4v) is 3.90. The van der Waals surface area contributed by atoms with E-state index < -0.39 is 0 Å². The van der Waals surface area contributed by atoms with E-state index in [1.165, 1.54) is 17.8 Å². The number of nitrogens with zero attached hydrogens (tertiary/aromatic N) is 1. The number of nitrogens with one attached hydrogen (secondary N) is 2. The Bertz CT molecular complexity index is 821. The van der Waals surface area contributed by atoms with Gasteiger partial charge in [-0.05, 0) is 50.1 Å². The molecule has 1 heterocycles. The van der Waals surface area contributed by atoms with Crippen LogP contribution in [-0.2, 0) is 10.5 Å². The monoisotopic (exact) mass is 391 g/mol. The highest BCUT2D eigenvalue weighted by Crippen LogP contribution is 2.23. The maximum atomic E-state index is 12.5. The molecule has 0 fully saturated rings.